The molecule has 0 unspecified atom stereocenters. The van der Waals surface area contributed by atoms with E-state index in [-0.39, 0.29) is 17.7 Å². The van der Waals surface area contributed by atoms with Gasteiger partial charge in [0, 0.05) is 31.9 Å². The van der Waals surface area contributed by atoms with E-state index in [1.165, 1.54) is 0 Å². The van der Waals surface area contributed by atoms with Gasteiger partial charge in [-0.3, -0.25) is 9.69 Å². The number of amides is 1. The average Bonchev–Trinajstić information content (AvgIpc) is 2.68. The van der Waals surface area contributed by atoms with Crippen LogP contribution in [0.4, 0.5) is 11.4 Å². The number of hydrogen-bond acceptors (Lipinski definition) is 5. The van der Waals surface area contributed by atoms with Gasteiger partial charge in [-0.25, -0.2) is 0 Å². The van der Waals surface area contributed by atoms with Gasteiger partial charge >= 0.3 is 0 Å². The van der Waals surface area contributed by atoms with Gasteiger partial charge in [-0.1, -0.05) is 12.1 Å². The van der Waals surface area contributed by atoms with Gasteiger partial charge in [-0.2, -0.15) is 5.26 Å². The van der Waals surface area contributed by atoms with Crippen molar-refractivity contribution in [3.05, 3.63) is 54.1 Å². The normalized spacial score (nSPS) is 15.9. The first-order chi connectivity index (χ1) is 12.6. The van der Waals surface area contributed by atoms with Crippen molar-refractivity contribution < 1.29 is 9.90 Å². The van der Waals surface area contributed by atoms with Crippen molar-refractivity contribution >= 4 is 17.3 Å². The number of benzene rings is 2. The van der Waals surface area contributed by atoms with Crippen molar-refractivity contribution in [3.63, 3.8) is 0 Å². The van der Waals surface area contributed by atoms with E-state index in [2.05, 4.69) is 21.2 Å². The zero-order valence-electron chi connectivity index (χ0n) is 14.7. The van der Waals surface area contributed by atoms with Crippen LogP contribution >= 0.6 is 0 Å². The van der Waals surface area contributed by atoms with Crippen molar-refractivity contribution in [1.82, 2.24) is 4.90 Å². The maximum absolute atomic E-state index is 12.6. The lowest BCUT2D eigenvalue weighted by atomic mass is 10.1. The van der Waals surface area contributed by atoms with Crippen LogP contribution in [0.15, 0.2) is 48.5 Å². The first kappa shape index (κ1) is 17.8. The third-order valence-electron chi connectivity index (χ3n) is 4.76. The number of piperazine rings is 1. The highest BCUT2D eigenvalue weighted by molar-refractivity contribution is 5.95. The molecule has 26 heavy (non-hydrogen) atoms. The molecule has 6 nitrogen and oxygen atoms in total. The number of phenolic OH excluding ortho intramolecular Hbond substituents is 1. The van der Waals surface area contributed by atoms with Gasteiger partial charge in [0.1, 0.15) is 11.8 Å². The Balaban J connectivity index is 1.57. The number of anilines is 2. The molecular weight excluding hydrogens is 328 g/mol. The minimum Gasteiger partial charge on any atom is -0.508 e. The first-order valence-corrected chi connectivity index (χ1v) is 8.66. The fraction of sp³-hybridized carbons (Fsp3) is 0.300. The topological polar surface area (TPSA) is 79.6 Å². The molecule has 0 saturated carbocycles. The summed E-state index contributed by atoms with van der Waals surface area (Å²) in [5, 5.41) is 21.4. The van der Waals surface area contributed by atoms with Crippen LogP contribution in [-0.4, -0.2) is 48.1 Å². The predicted octanol–water partition coefficient (Wildman–Crippen LogP) is 2.41. The fourth-order valence-corrected chi connectivity index (χ4v) is 3.12. The number of aromatic hydroxyl groups is 1. The largest absolute Gasteiger partial charge is 0.508 e. The highest BCUT2D eigenvalue weighted by Crippen LogP contribution is 2.21. The summed E-state index contributed by atoms with van der Waals surface area (Å²) in [4.78, 5) is 16.9. The summed E-state index contributed by atoms with van der Waals surface area (Å²) in [5.74, 6) is 0.154. The van der Waals surface area contributed by atoms with E-state index in [1.807, 2.05) is 19.1 Å². The quantitative estimate of drug-likeness (QED) is 0.885. The van der Waals surface area contributed by atoms with E-state index in [4.69, 9.17) is 5.26 Å². The molecule has 1 aliphatic heterocycles. The van der Waals surface area contributed by atoms with Crippen molar-refractivity contribution in [2.45, 2.75) is 13.0 Å². The molecule has 0 aromatic heterocycles. The number of nitrogens with zero attached hydrogens (tertiary/aromatic N) is 3. The Morgan fingerprint density at radius 2 is 1.77 bits per heavy atom. The molecule has 1 aliphatic rings. The lowest BCUT2D eigenvalue weighted by Crippen LogP contribution is -2.52. The zero-order valence-corrected chi connectivity index (χ0v) is 14.7. The summed E-state index contributed by atoms with van der Waals surface area (Å²) in [7, 11) is 0. The molecule has 1 saturated heterocycles. The highest BCUT2D eigenvalue weighted by Gasteiger charge is 2.26. The summed E-state index contributed by atoms with van der Waals surface area (Å²) < 4.78 is 0. The van der Waals surface area contributed by atoms with Crippen molar-refractivity contribution in [2.75, 3.05) is 36.4 Å². The van der Waals surface area contributed by atoms with Crippen LogP contribution in [0.5, 0.6) is 5.75 Å². The Morgan fingerprint density at radius 1 is 1.12 bits per heavy atom. The molecule has 2 N–H and O–H groups in total. The molecule has 1 atom stereocenters. The Bertz CT molecular complexity index is 805. The lowest BCUT2D eigenvalue weighted by Gasteiger charge is -2.38. The van der Waals surface area contributed by atoms with E-state index in [9.17, 15) is 9.90 Å². The van der Waals surface area contributed by atoms with Crippen molar-refractivity contribution in [3.8, 4) is 11.8 Å². The van der Waals surface area contributed by atoms with Crippen molar-refractivity contribution in [2.24, 2.45) is 0 Å². The molecule has 1 heterocycles. The number of nitriles is 1. The molecule has 2 aromatic carbocycles. The second-order valence-electron chi connectivity index (χ2n) is 6.36. The predicted molar refractivity (Wildman–Crippen MR) is 101 cm³/mol. The van der Waals surface area contributed by atoms with Gasteiger partial charge < -0.3 is 15.3 Å². The number of phenols is 1. The molecule has 0 bridgehead atoms. The molecule has 0 aliphatic carbocycles. The summed E-state index contributed by atoms with van der Waals surface area (Å²) in [6, 6.07) is 16.0. The second-order valence-corrected chi connectivity index (χ2v) is 6.36. The molecule has 1 fully saturated rings. The summed E-state index contributed by atoms with van der Waals surface area (Å²) >= 11 is 0. The number of nitrogens with one attached hydrogen (secondary N) is 1. The molecule has 134 valence electrons. The molecule has 3 rings (SSSR count). The minimum atomic E-state index is -0.274. The molecule has 0 spiro atoms. The van der Waals surface area contributed by atoms with Gasteiger partial charge in [0.2, 0.25) is 5.91 Å². The Kier molecular flexibility index (Phi) is 5.40. The van der Waals surface area contributed by atoms with Crippen molar-refractivity contribution in [1.29, 1.82) is 5.26 Å². The van der Waals surface area contributed by atoms with Gasteiger partial charge in [-0.05, 0) is 43.3 Å². The fourth-order valence-electron chi connectivity index (χ4n) is 3.12. The number of hydrogen-bond donors (Lipinski definition) is 2. The monoisotopic (exact) mass is 350 g/mol. The van der Waals surface area contributed by atoms with Gasteiger partial charge in [0.15, 0.2) is 0 Å². The van der Waals surface area contributed by atoms with Crippen LogP contribution in [0.1, 0.15) is 12.5 Å². The van der Waals surface area contributed by atoms with E-state index >= 15 is 0 Å². The van der Waals surface area contributed by atoms with E-state index < -0.39 is 0 Å². The van der Waals surface area contributed by atoms with Gasteiger partial charge in [-0.15, -0.1) is 0 Å². The standard InChI is InChI=1S/C20H22N4O2/c1-15(20(26)22-19-5-3-2-4-16(19)14-21)23-10-12-24(13-11-23)17-6-8-18(25)9-7-17/h2-9,15,25H,10-13H2,1H3,(H,22,26)/t15-/m0/s1. The SMILES string of the molecule is C[C@@H](C(=O)Nc1ccccc1C#N)N1CCN(c2ccc(O)cc2)CC1. The highest BCUT2D eigenvalue weighted by atomic mass is 16.3. The summed E-state index contributed by atoms with van der Waals surface area (Å²) in [6.45, 7) is 5.07. The van der Waals surface area contributed by atoms with E-state index in [0.717, 1.165) is 31.9 Å². The van der Waals surface area contributed by atoms with E-state index in [1.54, 1.807) is 36.4 Å². The van der Waals surface area contributed by atoms with Crippen LogP contribution in [0.25, 0.3) is 0 Å². The molecule has 2 aromatic rings. The van der Waals surface area contributed by atoms with Crippen LogP contribution in [-0.2, 0) is 4.79 Å². The number of carbonyl (C=O) groups excluding carboxylic acids is 1. The minimum absolute atomic E-state index is 0.106. The maximum atomic E-state index is 12.6. The Hall–Kier alpha value is -3.04. The van der Waals surface area contributed by atoms with E-state index in [0.29, 0.717) is 11.3 Å². The third-order valence-corrected chi connectivity index (χ3v) is 4.76. The number of rotatable bonds is 4. The van der Waals surface area contributed by atoms with Gasteiger partial charge in [0.25, 0.3) is 0 Å². The number of carbonyl (C=O) groups is 1. The Morgan fingerprint density at radius 3 is 2.42 bits per heavy atom. The Labute approximate surface area is 153 Å². The molecule has 6 heteroatoms. The summed E-state index contributed by atoms with van der Waals surface area (Å²) in [6.07, 6.45) is 0. The van der Waals surface area contributed by atoms with Crippen LogP contribution < -0.4 is 10.2 Å². The smallest absolute Gasteiger partial charge is 0.241 e. The van der Waals surface area contributed by atoms with Crippen LogP contribution in [0.2, 0.25) is 0 Å². The third kappa shape index (κ3) is 3.95. The average molecular weight is 350 g/mol. The number of para-hydroxylation sites is 1. The molecular formula is C20H22N4O2. The lowest BCUT2D eigenvalue weighted by molar-refractivity contribution is -0.120. The van der Waals surface area contributed by atoms with Gasteiger partial charge in [0.05, 0.1) is 17.3 Å². The molecule has 1 amide bonds. The summed E-state index contributed by atoms with van der Waals surface area (Å²) in [5.41, 5.74) is 2.09. The van der Waals surface area contributed by atoms with Crippen LogP contribution in [0.3, 0.4) is 0 Å². The second kappa shape index (κ2) is 7.89. The molecule has 0 radical (unpaired) electrons. The van der Waals surface area contributed by atoms with Crippen LogP contribution in [0, 0.1) is 11.3 Å². The first-order valence-electron chi connectivity index (χ1n) is 8.66. The zero-order chi connectivity index (χ0) is 18.5. The maximum Gasteiger partial charge on any atom is 0.241 e.